The molecule has 0 amide bonds. The number of hydrogen-bond acceptors (Lipinski definition) is 5. The summed E-state index contributed by atoms with van der Waals surface area (Å²) in [5.74, 6) is 0. The predicted octanol–water partition coefficient (Wildman–Crippen LogP) is 2.71. The number of hydrogen-bond donors (Lipinski definition) is 1. The van der Waals surface area contributed by atoms with Crippen molar-refractivity contribution in [3.8, 4) is 0 Å². The van der Waals surface area contributed by atoms with Crippen molar-refractivity contribution in [1.82, 2.24) is 15.2 Å². The molecule has 1 aromatic rings. The standard InChI is InChI=1S/C16H28N4S/c1-2-7-17-11-14-13-21-16(18-14)20-10-6-15(12-20)19-8-4-3-5-9-19/h13,15,17H,2-12H2,1H3. The second-order valence-corrected chi connectivity index (χ2v) is 7.12. The molecule has 5 heteroatoms. The molecule has 0 aliphatic carbocycles. The first kappa shape index (κ1) is 15.3. The Morgan fingerprint density at radius 1 is 1.29 bits per heavy atom. The van der Waals surface area contributed by atoms with Gasteiger partial charge >= 0.3 is 0 Å². The number of aromatic nitrogens is 1. The van der Waals surface area contributed by atoms with Gasteiger partial charge in [-0.2, -0.15) is 0 Å². The van der Waals surface area contributed by atoms with Gasteiger partial charge in [0, 0.05) is 31.1 Å². The van der Waals surface area contributed by atoms with Gasteiger partial charge in [-0.1, -0.05) is 13.3 Å². The van der Waals surface area contributed by atoms with Gasteiger partial charge < -0.3 is 10.2 Å². The second-order valence-electron chi connectivity index (χ2n) is 6.28. The molecule has 2 aliphatic heterocycles. The fourth-order valence-corrected chi connectivity index (χ4v) is 4.28. The molecule has 0 aromatic carbocycles. The van der Waals surface area contributed by atoms with Crippen LogP contribution in [0, 0.1) is 0 Å². The van der Waals surface area contributed by atoms with Gasteiger partial charge in [0.25, 0.3) is 0 Å². The Bertz CT molecular complexity index is 428. The highest BCUT2D eigenvalue weighted by Gasteiger charge is 2.29. The molecule has 1 N–H and O–H groups in total. The number of nitrogens with one attached hydrogen (secondary N) is 1. The Labute approximate surface area is 132 Å². The maximum absolute atomic E-state index is 4.81. The summed E-state index contributed by atoms with van der Waals surface area (Å²) in [6, 6.07) is 0.760. The highest BCUT2D eigenvalue weighted by Crippen LogP contribution is 2.27. The van der Waals surface area contributed by atoms with Crippen LogP contribution in [0.2, 0.25) is 0 Å². The van der Waals surface area contributed by atoms with Crippen molar-refractivity contribution >= 4 is 16.5 Å². The Balaban J connectivity index is 1.51. The lowest BCUT2D eigenvalue weighted by atomic mass is 10.1. The SMILES string of the molecule is CCCNCc1csc(N2CCC(N3CCCCC3)C2)n1. The Morgan fingerprint density at radius 3 is 2.95 bits per heavy atom. The summed E-state index contributed by atoms with van der Waals surface area (Å²) in [4.78, 5) is 10.0. The van der Waals surface area contributed by atoms with Crippen LogP contribution in [0.3, 0.4) is 0 Å². The van der Waals surface area contributed by atoms with Crippen molar-refractivity contribution < 1.29 is 0 Å². The highest BCUT2D eigenvalue weighted by molar-refractivity contribution is 7.13. The minimum atomic E-state index is 0.760. The van der Waals surface area contributed by atoms with Gasteiger partial charge in [-0.05, 0) is 45.3 Å². The minimum absolute atomic E-state index is 0.760. The lowest BCUT2D eigenvalue weighted by Gasteiger charge is -2.32. The third kappa shape index (κ3) is 3.96. The number of thiazole rings is 1. The van der Waals surface area contributed by atoms with Crippen molar-refractivity contribution in [2.45, 2.75) is 51.6 Å². The molecule has 118 valence electrons. The smallest absolute Gasteiger partial charge is 0.185 e. The van der Waals surface area contributed by atoms with E-state index in [2.05, 4.69) is 27.4 Å². The maximum Gasteiger partial charge on any atom is 0.185 e. The van der Waals surface area contributed by atoms with Gasteiger partial charge in [-0.25, -0.2) is 4.98 Å². The van der Waals surface area contributed by atoms with Crippen LogP contribution in [0.15, 0.2) is 5.38 Å². The zero-order chi connectivity index (χ0) is 14.5. The lowest BCUT2D eigenvalue weighted by molar-refractivity contribution is 0.175. The number of rotatable bonds is 6. The zero-order valence-electron chi connectivity index (χ0n) is 13.2. The first-order valence-corrected chi connectivity index (χ1v) is 9.39. The first-order chi connectivity index (χ1) is 10.4. The van der Waals surface area contributed by atoms with E-state index in [-0.39, 0.29) is 0 Å². The molecule has 1 atom stereocenters. The van der Waals surface area contributed by atoms with Gasteiger partial charge in [0.2, 0.25) is 0 Å². The molecule has 2 saturated heterocycles. The third-order valence-electron chi connectivity index (χ3n) is 4.61. The molecule has 3 rings (SSSR count). The summed E-state index contributed by atoms with van der Waals surface area (Å²) in [6.07, 6.45) is 6.69. The Kier molecular flexibility index (Phi) is 5.49. The second kappa shape index (κ2) is 7.56. The molecule has 0 bridgehead atoms. The van der Waals surface area contributed by atoms with Gasteiger partial charge in [0.05, 0.1) is 5.69 Å². The molecule has 0 saturated carbocycles. The molecule has 3 heterocycles. The van der Waals surface area contributed by atoms with Crippen molar-refractivity contribution in [3.05, 3.63) is 11.1 Å². The van der Waals surface area contributed by atoms with Gasteiger partial charge in [-0.15, -0.1) is 11.3 Å². The predicted molar refractivity (Wildman–Crippen MR) is 90.2 cm³/mol. The molecular weight excluding hydrogens is 280 g/mol. The van der Waals surface area contributed by atoms with E-state index in [1.54, 1.807) is 0 Å². The average molecular weight is 308 g/mol. The molecule has 1 unspecified atom stereocenters. The van der Waals surface area contributed by atoms with Crippen molar-refractivity contribution in [2.24, 2.45) is 0 Å². The van der Waals surface area contributed by atoms with E-state index >= 15 is 0 Å². The molecule has 1 aromatic heterocycles. The third-order valence-corrected chi connectivity index (χ3v) is 5.56. The van der Waals surface area contributed by atoms with Crippen molar-refractivity contribution in [1.29, 1.82) is 0 Å². The van der Waals surface area contributed by atoms with Crippen LogP contribution in [0.5, 0.6) is 0 Å². The van der Waals surface area contributed by atoms with Crippen LogP contribution in [0.4, 0.5) is 5.13 Å². The average Bonchev–Trinajstić information content (AvgIpc) is 3.17. The van der Waals surface area contributed by atoms with Gasteiger partial charge in [0.1, 0.15) is 0 Å². The van der Waals surface area contributed by atoms with Gasteiger partial charge in [0.15, 0.2) is 5.13 Å². The number of likely N-dealkylation sites (tertiary alicyclic amines) is 1. The summed E-state index contributed by atoms with van der Waals surface area (Å²) in [7, 11) is 0. The summed E-state index contributed by atoms with van der Waals surface area (Å²) < 4.78 is 0. The topological polar surface area (TPSA) is 31.4 Å². The molecule has 2 aliphatic rings. The molecule has 0 spiro atoms. The Morgan fingerprint density at radius 2 is 2.14 bits per heavy atom. The molecule has 21 heavy (non-hydrogen) atoms. The van der Waals surface area contributed by atoms with Crippen LogP contribution in [0.1, 0.15) is 44.7 Å². The van der Waals surface area contributed by atoms with Crippen LogP contribution in [0.25, 0.3) is 0 Å². The van der Waals surface area contributed by atoms with E-state index < -0.39 is 0 Å². The highest BCUT2D eigenvalue weighted by atomic mass is 32.1. The quantitative estimate of drug-likeness (QED) is 0.819. The van der Waals surface area contributed by atoms with Crippen molar-refractivity contribution in [3.63, 3.8) is 0 Å². The van der Waals surface area contributed by atoms with Crippen LogP contribution >= 0.6 is 11.3 Å². The van der Waals surface area contributed by atoms with E-state index in [1.807, 2.05) is 11.3 Å². The maximum atomic E-state index is 4.81. The number of nitrogens with zero attached hydrogens (tertiary/aromatic N) is 3. The summed E-state index contributed by atoms with van der Waals surface area (Å²) in [5, 5.41) is 6.87. The normalized spacial score (nSPS) is 23.9. The minimum Gasteiger partial charge on any atom is -0.346 e. The van der Waals surface area contributed by atoms with Crippen molar-refractivity contribution in [2.75, 3.05) is 37.6 Å². The zero-order valence-corrected chi connectivity index (χ0v) is 14.0. The summed E-state index contributed by atoms with van der Waals surface area (Å²) >= 11 is 1.81. The Hall–Kier alpha value is -0.650. The fraction of sp³-hybridized carbons (Fsp3) is 0.812. The number of piperidine rings is 1. The monoisotopic (exact) mass is 308 g/mol. The fourth-order valence-electron chi connectivity index (χ4n) is 3.41. The molecule has 0 radical (unpaired) electrons. The van der Waals surface area contributed by atoms with Gasteiger partial charge in [-0.3, -0.25) is 4.90 Å². The summed E-state index contributed by atoms with van der Waals surface area (Å²) in [6.45, 7) is 9.16. The van der Waals surface area contributed by atoms with E-state index in [9.17, 15) is 0 Å². The van der Waals surface area contributed by atoms with E-state index in [0.29, 0.717) is 0 Å². The van der Waals surface area contributed by atoms with E-state index in [4.69, 9.17) is 4.98 Å². The summed E-state index contributed by atoms with van der Waals surface area (Å²) in [5.41, 5.74) is 1.20. The molecule has 2 fully saturated rings. The largest absolute Gasteiger partial charge is 0.346 e. The van der Waals surface area contributed by atoms with Crippen LogP contribution in [-0.4, -0.2) is 48.6 Å². The molecule has 4 nitrogen and oxygen atoms in total. The number of anilines is 1. The van der Waals surface area contributed by atoms with E-state index in [1.165, 1.54) is 69.1 Å². The first-order valence-electron chi connectivity index (χ1n) is 8.51. The lowest BCUT2D eigenvalue weighted by Crippen LogP contribution is -2.40. The molecular formula is C16H28N4S. The van der Waals surface area contributed by atoms with E-state index in [0.717, 1.165) is 19.1 Å². The van der Waals surface area contributed by atoms with Crippen LogP contribution < -0.4 is 10.2 Å². The van der Waals surface area contributed by atoms with Crippen LogP contribution in [-0.2, 0) is 6.54 Å².